The summed E-state index contributed by atoms with van der Waals surface area (Å²) in [6, 6.07) is 7.37. The minimum absolute atomic E-state index is 0.121. The van der Waals surface area contributed by atoms with Crippen molar-refractivity contribution in [2.45, 2.75) is 0 Å². The lowest BCUT2D eigenvalue weighted by Crippen LogP contribution is -2.38. The summed E-state index contributed by atoms with van der Waals surface area (Å²) in [5, 5.41) is 10.2. The molecule has 1 aromatic carbocycles. The Labute approximate surface area is 133 Å². The van der Waals surface area contributed by atoms with Gasteiger partial charge in [-0.3, -0.25) is 9.69 Å². The van der Waals surface area contributed by atoms with Gasteiger partial charge in [0.2, 0.25) is 0 Å². The van der Waals surface area contributed by atoms with E-state index in [0.717, 1.165) is 38.4 Å². The normalized spacial score (nSPS) is 15.5. The maximum absolute atomic E-state index is 11.3. The molecule has 8 heteroatoms. The standard InChI is InChI=1S/C15H19N5O3/c16-15(21)14-13(17-19-18-14)11-2-1-3-12(10-11)23-9-6-20-4-7-22-8-5-20/h1-3,10H,4-9H2,(H2,16,21)(H,17,18,19). The average molecular weight is 317 g/mol. The molecule has 0 unspecified atom stereocenters. The van der Waals surface area contributed by atoms with E-state index < -0.39 is 5.91 Å². The molecule has 8 nitrogen and oxygen atoms in total. The molecule has 3 N–H and O–H groups in total. The van der Waals surface area contributed by atoms with Gasteiger partial charge in [-0.15, -0.1) is 0 Å². The summed E-state index contributed by atoms with van der Waals surface area (Å²) in [5.41, 5.74) is 6.57. The monoisotopic (exact) mass is 317 g/mol. The smallest absolute Gasteiger partial charge is 0.271 e. The number of carbonyl (C=O) groups excluding carboxylic acids is 1. The zero-order chi connectivity index (χ0) is 16.1. The Hall–Kier alpha value is -2.45. The number of amides is 1. The molecule has 23 heavy (non-hydrogen) atoms. The number of primary amides is 1. The van der Waals surface area contributed by atoms with Gasteiger partial charge in [0.1, 0.15) is 18.1 Å². The van der Waals surface area contributed by atoms with E-state index in [4.69, 9.17) is 15.2 Å². The van der Waals surface area contributed by atoms with Crippen LogP contribution in [-0.4, -0.2) is 65.7 Å². The third-order valence-electron chi connectivity index (χ3n) is 3.67. The highest BCUT2D eigenvalue weighted by Gasteiger charge is 2.15. The fraction of sp³-hybridized carbons (Fsp3) is 0.400. The molecular weight excluding hydrogens is 298 g/mol. The van der Waals surface area contributed by atoms with Crippen LogP contribution in [0.15, 0.2) is 24.3 Å². The van der Waals surface area contributed by atoms with Gasteiger partial charge >= 0.3 is 0 Å². The van der Waals surface area contributed by atoms with E-state index in [-0.39, 0.29) is 5.69 Å². The van der Waals surface area contributed by atoms with Crippen LogP contribution >= 0.6 is 0 Å². The van der Waals surface area contributed by atoms with Gasteiger partial charge in [-0.1, -0.05) is 12.1 Å². The first-order valence-electron chi connectivity index (χ1n) is 7.48. The zero-order valence-electron chi connectivity index (χ0n) is 12.7. The number of ether oxygens (including phenoxy) is 2. The topological polar surface area (TPSA) is 106 Å². The summed E-state index contributed by atoms with van der Waals surface area (Å²) in [6.07, 6.45) is 0. The summed E-state index contributed by atoms with van der Waals surface area (Å²) in [7, 11) is 0. The third-order valence-corrected chi connectivity index (χ3v) is 3.67. The quantitative estimate of drug-likeness (QED) is 0.792. The van der Waals surface area contributed by atoms with Crippen LogP contribution in [0.1, 0.15) is 10.5 Å². The molecule has 1 saturated heterocycles. The third kappa shape index (κ3) is 3.85. The Balaban J connectivity index is 1.63. The van der Waals surface area contributed by atoms with Crippen LogP contribution < -0.4 is 10.5 Å². The molecule has 1 aliphatic heterocycles. The van der Waals surface area contributed by atoms with Crippen molar-refractivity contribution in [3.05, 3.63) is 30.0 Å². The summed E-state index contributed by atoms with van der Waals surface area (Å²) in [5.74, 6) is 0.0987. The molecule has 3 rings (SSSR count). The van der Waals surface area contributed by atoms with Crippen molar-refractivity contribution in [1.29, 1.82) is 0 Å². The van der Waals surface area contributed by atoms with Gasteiger partial charge in [-0.25, -0.2) is 0 Å². The molecule has 1 aromatic heterocycles. The largest absolute Gasteiger partial charge is 0.492 e. The number of carbonyl (C=O) groups is 1. The molecule has 2 aromatic rings. The number of H-pyrrole nitrogens is 1. The summed E-state index contributed by atoms with van der Waals surface area (Å²) in [4.78, 5) is 13.6. The maximum Gasteiger partial charge on any atom is 0.271 e. The molecule has 2 heterocycles. The SMILES string of the molecule is NC(=O)c1n[nH]nc1-c1cccc(OCCN2CCOCC2)c1. The molecule has 1 fully saturated rings. The number of rotatable bonds is 6. The van der Waals surface area contributed by atoms with Crippen LogP contribution in [0.25, 0.3) is 11.3 Å². The first-order chi connectivity index (χ1) is 11.2. The van der Waals surface area contributed by atoms with Crippen molar-refractivity contribution < 1.29 is 14.3 Å². The first kappa shape index (κ1) is 15.4. The number of hydrogen-bond acceptors (Lipinski definition) is 6. The highest BCUT2D eigenvalue weighted by Crippen LogP contribution is 2.23. The molecule has 0 aliphatic carbocycles. The minimum Gasteiger partial charge on any atom is -0.492 e. The van der Waals surface area contributed by atoms with E-state index >= 15 is 0 Å². The zero-order valence-corrected chi connectivity index (χ0v) is 12.7. The van der Waals surface area contributed by atoms with E-state index in [1.807, 2.05) is 24.3 Å². The van der Waals surface area contributed by atoms with Crippen molar-refractivity contribution in [2.24, 2.45) is 5.73 Å². The fourth-order valence-electron chi connectivity index (χ4n) is 2.45. The number of morpholine rings is 1. The van der Waals surface area contributed by atoms with Gasteiger partial charge in [-0.05, 0) is 12.1 Å². The van der Waals surface area contributed by atoms with Crippen molar-refractivity contribution in [2.75, 3.05) is 39.5 Å². The number of nitrogens with two attached hydrogens (primary N) is 1. The van der Waals surface area contributed by atoms with Crippen LogP contribution in [0, 0.1) is 0 Å². The molecule has 0 radical (unpaired) electrons. The highest BCUT2D eigenvalue weighted by molar-refractivity contribution is 5.96. The molecule has 0 spiro atoms. The van der Waals surface area contributed by atoms with Crippen LogP contribution in [0.2, 0.25) is 0 Å². The second kappa shape index (κ2) is 7.21. The summed E-state index contributed by atoms with van der Waals surface area (Å²) < 4.78 is 11.1. The molecule has 1 amide bonds. The molecule has 122 valence electrons. The Bertz CT molecular complexity index is 667. The lowest BCUT2D eigenvalue weighted by Gasteiger charge is -2.26. The van der Waals surface area contributed by atoms with Crippen LogP contribution in [-0.2, 0) is 4.74 Å². The number of nitrogens with zero attached hydrogens (tertiary/aromatic N) is 3. The Morgan fingerprint density at radius 1 is 1.35 bits per heavy atom. The predicted molar refractivity (Wildman–Crippen MR) is 83.1 cm³/mol. The van der Waals surface area contributed by atoms with Crippen LogP contribution in [0.4, 0.5) is 0 Å². The van der Waals surface area contributed by atoms with Crippen LogP contribution in [0.3, 0.4) is 0 Å². The average Bonchev–Trinajstić information content (AvgIpc) is 3.06. The van der Waals surface area contributed by atoms with E-state index in [2.05, 4.69) is 20.3 Å². The molecule has 1 aliphatic rings. The van der Waals surface area contributed by atoms with E-state index in [0.29, 0.717) is 18.1 Å². The molecule has 0 bridgehead atoms. The number of nitrogens with one attached hydrogen (secondary N) is 1. The molecule has 0 atom stereocenters. The maximum atomic E-state index is 11.3. The summed E-state index contributed by atoms with van der Waals surface area (Å²) >= 11 is 0. The van der Waals surface area contributed by atoms with Gasteiger partial charge in [-0.2, -0.15) is 15.4 Å². The van der Waals surface area contributed by atoms with E-state index in [1.54, 1.807) is 0 Å². The van der Waals surface area contributed by atoms with Crippen molar-refractivity contribution >= 4 is 5.91 Å². The highest BCUT2D eigenvalue weighted by atomic mass is 16.5. The first-order valence-corrected chi connectivity index (χ1v) is 7.48. The number of hydrogen-bond donors (Lipinski definition) is 2. The number of aromatic nitrogens is 3. The second-order valence-corrected chi connectivity index (χ2v) is 5.22. The minimum atomic E-state index is -0.618. The molecular formula is C15H19N5O3. The van der Waals surface area contributed by atoms with Crippen molar-refractivity contribution in [1.82, 2.24) is 20.3 Å². The Kier molecular flexibility index (Phi) is 4.84. The number of aromatic amines is 1. The second-order valence-electron chi connectivity index (χ2n) is 5.22. The predicted octanol–water partition coefficient (Wildman–Crippen LogP) is 0.282. The Morgan fingerprint density at radius 2 is 2.17 bits per heavy atom. The van der Waals surface area contributed by atoms with Crippen molar-refractivity contribution in [3.63, 3.8) is 0 Å². The van der Waals surface area contributed by atoms with E-state index in [9.17, 15) is 4.79 Å². The molecule has 0 saturated carbocycles. The number of benzene rings is 1. The van der Waals surface area contributed by atoms with Crippen LogP contribution in [0.5, 0.6) is 5.75 Å². The lowest BCUT2D eigenvalue weighted by atomic mass is 10.1. The fourth-order valence-corrected chi connectivity index (χ4v) is 2.45. The Morgan fingerprint density at radius 3 is 2.96 bits per heavy atom. The summed E-state index contributed by atoms with van der Waals surface area (Å²) in [6.45, 7) is 4.86. The lowest BCUT2D eigenvalue weighted by molar-refractivity contribution is 0.0322. The van der Waals surface area contributed by atoms with Gasteiger partial charge < -0.3 is 15.2 Å². The van der Waals surface area contributed by atoms with Gasteiger partial charge in [0.25, 0.3) is 5.91 Å². The van der Waals surface area contributed by atoms with Gasteiger partial charge in [0.15, 0.2) is 5.69 Å². The van der Waals surface area contributed by atoms with E-state index in [1.165, 1.54) is 0 Å². The van der Waals surface area contributed by atoms with Gasteiger partial charge in [0, 0.05) is 25.2 Å². The van der Waals surface area contributed by atoms with Crippen molar-refractivity contribution in [3.8, 4) is 17.0 Å². The van der Waals surface area contributed by atoms with Gasteiger partial charge in [0.05, 0.1) is 13.2 Å².